The summed E-state index contributed by atoms with van der Waals surface area (Å²) in [7, 11) is 0. The molecule has 0 aliphatic heterocycles. The molecule has 2 rings (SSSR count). The summed E-state index contributed by atoms with van der Waals surface area (Å²) in [5.74, 6) is 2.90. The van der Waals surface area contributed by atoms with Crippen molar-refractivity contribution in [2.75, 3.05) is 0 Å². The first-order valence-corrected chi connectivity index (χ1v) is 8.14. The van der Waals surface area contributed by atoms with Crippen molar-refractivity contribution in [2.24, 2.45) is 5.73 Å². The van der Waals surface area contributed by atoms with Gasteiger partial charge in [0.1, 0.15) is 11.5 Å². The predicted octanol–water partition coefficient (Wildman–Crippen LogP) is 4.61. The van der Waals surface area contributed by atoms with E-state index in [1.165, 1.54) is 11.1 Å². The average Bonchev–Trinajstić information content (AvgIpc) is 2.85. The molecule has 0 radical (unpaired) electrons. The molecule has 2 atom stereocenters. The van der Waals surface area contributed by atoms with E-state index in [1.54, 1.807) is 0 Å². The standard InChI is InChI=1S/C17H23NOS/c1-4-15(18)17(16-9-8-13(3)19-16)20-11-14-7-5-6-12(2)10-14/h5-10,15,17H,4,11,18H2,1-3H3. The van der Waals surface area contributed by atoms with Gasteiger partial charge in [-0.3, -0.25) is 0 Å². The van der Waals surface area contributed by atoms with Crippen LogP contribution >= 0.6 is 11.8 Å². The molecule has 0 aliphatic rings. The van der Waals surface area contributed by atoms with E-state index >= 15 is 0 Å². The Kier molecular flexibility index (Phi) is 5.32. The zero-order chi connectivity index (χ0) is 14.5. The van der Waals surface area contributed by atoms with Crippen LogP contribution in [0.25, 0.3) is 0 Å². The first-order valence-electron chi connectivity index (χ1n) is 7.09. The third-order valence-corrected chi connectivity index (χ3v) is 4.85. The second-order valence-electron chi connectivity index (χ2n) is 5.24. The van der Waals surface area contributed by atoms with E-state index in [0.717, 1.165) is 23.7 Å². The first-order chi connectivity index (χ1) is 9.60. The van der Waals surface area contributed by atoms with Gasteiger partial charge in [-0.05, 0) is 38.0 Å². The molecule has 1 aromatic heterocycles. The summed E-state index contributed by atoms with van der Waals surface area (Å²) in [5, 5.41) is 0.217. The van der Waals surface area contributed by atoms with Crippen molar-refractivity contribution in [3.05, 3.63) is 59.0 Å². The van der Waals surface area contributed by atoms with Crippen LogP contribution in [0.15, 0.2) is 40.8 Å². The number of furan rings is 1. The summed E-state index contributed by atoms with van der Waals surface area (Å²) in [6.07, 6.45) is 0.950. The second-order valence-corrected chi connectivity index (χ2v) is 6.37. The molecule has 0 saturated carbocycles. The van der Waals surface area contributed by atoms with Gasteiger partial charge < -0.3 is 10.2 Å². The van der Waals surface area contributed by atoms with Crippen molar-refractivity contribution >= 4 is 11.8 Å². The molecule has 0 amide bonds. The van der Waals surface area contributed by atoms with Crippen LogP contribution in [0.4, 0.5) is 0 Å². The van der Waals surface area contributed by atoms with Gasteiger partial charge >= 0.3 is 0 Å². The normalized spacial score (nSPS) is 14.2. The molecule has 2 unspecified atom stereocenters. The molecular weight excluding hydrogens is 266 g/mol. The monoisotopic (exact) mass is 289 g/mol. The number of hydrogen-bond acceptors (Lipinski definition) is 3. The third kappa shape index (κ3) is 3.90. The van der Waals surface area contributed by atoms with Gasteiger partial charge in [0.25, 0.3) is 0 Å². The van der Waals surface area contributed by atoms with Crippen molar-refractivity contribution in [3.63, 3.8) is 0 Å². The predicted molar refractivity (Wildman–Crippen MR) is 86.9 cm³/mol. The van der Waals surface area contributed by atoms with Crippen LogP contribution in [0, 0.1) is 13.8 Å². The van der Waals surface area contributed by atoms with Gasteiger partial charge in [-0.2, -0.15) is 0 Å². The van der Waals surface area contributed by atoms with Gasteiger partial charge in [0, 0.05) is 11.8 Å². The highest BCUT2D eigenvalue weighted by Crippen LogP contribution is 2.35. The highest BCUT2D eigenvalue weighted by Gasteiger charge is 2.22. The van der Waals surface area contributed by atoms with Crippen LogP contribution in [-0.4, -0.2) is 6.04 Å². The van der Waals surface area contributed by atoms with Crippen molar-refractivity contribution < 1.29 is 4.42 Å². The van der Waals surface area contributed by atoms with Crippen LogP contribution in [-0.2, 0) is 5.75 Å². The lowest BCUT2D eigenvalue weighted by molar-refractivity contribution is 0.454. The minimum Gasteiger partial charge on any atom is -0.465 e. The number of benzene rings is 1. The Morgan fingerprint density at radius 2 is 2.00 bits per heavy atom. The Morgan fingerprint density at radius 1 is 1.20 bits per heavy atom. The molecule has 2 aromatic rings. The summed E-state index contributed by atoms with van der Waals surface area (Å²) >= 11 is 1.86. The highest BCUT2D eigenvalue weighted by molar-refractivity contribution is 7.98. The Balaban J connectivity index is 2.08. The smallest absolute Gasteiger partial charge is 0.118 e. The number of thioether (sulfide) groups is 1. The fraction of sp³-hybridized carbons (Fsp3) is 0.412. The fourth-order valence-electron chi connectivity index (χ4n) is 2.23. The van der Waals surface area contributed by atoms with E-state index < -0.39 is 0 Å². The first kappa shape index (κ1) is 15.2. The van der Waals surface area contributed by atoms with Crippen LogP contribution in [0.2, 0.25) is 0 Å². The molecule has 0 aliphatic carbocycles. The Morgan fingerprint density at radius 3 is 2.60 bits per heavy atom. The molecular formula is C17H23NOS. The van der Waals surface area contributed by atoms with Gasteiger partial charge in [0.05, 0.1) is 5.25 Å². The molecule has 2 N–H and O–H groups in total. The second kappa shape index (κ2) is 7.00. The van der Waals surface area contributed by atoms with Crippen LogP contribution in [0.3, 0.4) is 0 Å². The molecule has 0 saturated heterocycles. The lowest BCUT2D eigenvalue weighted by atomic mass is 10.1. The minimum atomic E-state index is 0.121. The largest absolute Gasteiger partial charge is 0.465 e. The van der Waals surface area contributed by atoms with Gasteiger partial charge in [-0.15, -0.1) is 11.8 Å². The Hall–Kier alpha value is -1.19. The molecule has 1 heterocycles. The maximum absolute atomic E-state index is 6.27. The summed E-state index contributed by atoms with van der Waals surface area (Å²) in [6.45, 7) is 6.23. The van der Waals surface area contributed by atoms with E-state index in [9.17, 15) is 0 Å². The van der Waals surface area contributed by atoms with Gasteiger partial charge in [-0.25, -0.2) is 0 Å². The van der Waals surface area contributed by atoms with Crippen LogP contribution < -0.4 is 5.73 Å². The average molecular weight is 289 g/mol. The Bertz CT molecular complexity index is 549. The number of aryl methyl sites for hydroxylation is 2. The van der Waals surface area contributed by atoms with Crippen LogP contribution in [0.5, 0.6) is 0 Å². The number of nitrogens with two attached hydrogens (primary N) is 1. The lowest BCUT2D eigenvalue weighted by Crippen LogP contribution is -2.25. The molecule has 3 heteroatoms. The Labute approximate surface area is 125 Å². The molecule has 0 bridgehead atoms. The molecule has 1 aromatic carbocycles. The maximum Gasteiger partial charge on any atom is 0.118 e. The maximum atomic E-state index is 6.27. The summed E-state index contributed by atoms with van der Waals surface area (Å²) in [5.41, 5.74) is 8.91. The molecule has 20 heavy (non-hydrogen) atoms. The van der Waals surface area contributed by atoms with Crippen molar-refractivity contribution in [1.82, 2.24) is 0 Å². The zero-order valence-corrected chi connectivity index (χ0v) is 13.2. The zero-order valence-electron chi connectivity index (χ0n) is 12.4. The number of hydrogen-bond donors (Lipinski definition) is 1. The molecule has 0 spiro atoms. The van der Waals surface area contributed by atoms with Gasteiger partial charge in [0.2, 0.25) is 0 Å². The summed E-state index contributed by atoms with van der Waals surface area (Å²) < 4.78 is 5.78. The quantitative estimate of drug-likeness (QED) is 0.844. The van der Waals surface area contributed by atoms with E-state index in [1.807, 2.05) is 24.8 Å². The van der Waals surface area contributed by atoms with Crippen LogP contribution in [0.1, 0.15) is 41.2 Å². The van der Waals surface area contributed by atoms with E-state index in [0.29, 0.717) is 0 Å². The van der Waals surface area contributed by atoms with Gasteiger partial charge in [-0.1, -0.05) is 36.8 Å². The number of rotatable bonds is 6. The third-order valence-electron chi connectivity index (χ3n) is 3.41. The highest BCUT2D eigenvalue weighted by atomic mass is 32.2. The summed E-state index contributed by atoms with van der Waals surface area (Å²) in [6, 6.07) is 12.8. The van der Waals surface area contributed by atoms with Crippen molar-refractivity contribution in [3.8, 4) is 0 Å². The SMILES string of the molecule is CCC(N)C(SCc1cccc(C)c1)c1ccc(C)o1. The molecule has 2 nitrogen and oxygen atoms in total. The van der Waals surface area contributed by atoms with Gasteiger partial charge in [0.15, 0.2) is 0 Å². The van der Waals surface area contributed by atoms with E-state index in [-0.39, 0.29) is 11.3 Å². The molecule has 108 valence electrons. The minimum absolute atomic E-state index is 0.121. The lowest BCUT2D eigenvalue weighted by Gasteiger charge is -2.20. The van der Waals surface area contributed by atoms with Crippen molar-refractivity contribution in [2.45, 2.75) is 44.2 Å². The van der Waals surface area contributed by atoms with Crippen molar-refractivity contribution in [1.29, 1.82) is 0 Å². The molecule has 0 fully saturated rings. The topological polar surface area (TPSA) is 39.2 Å². The van der Waals surface area contributed by atoms with E-state index in [2.05, 4.69) is 44.2 Å². The summed E-state index contributed by atoms with van der Waals surface area (Å²) in [4.78, 5) is 0. The fourth-order valence-corrected chi connectivity index (χ4v) is 3.51. The van der Waals surface area contributed by atoms with E-state index in [4.69, 9.17) is 10.2 Å².